The van der Waals surface area contributed by atoms with Crippen molar-refractivity contribution in [1.82, 2.24) is 4.72 Å². The van der Waals surface area contributed by atoms with Crippen LogP contribution in [0.3, 0.4) is 0 Å². The lowest BCUT2D eigenvalue weighted by molar-refractivity contribution is -0.116. The van der Waals surface area contributed by atoms with Gasteiger partial charge in [0.1, 0.15) is 0 Å². The summed E-state index contributed by atoms with van der Waals surface area (Å²) in [5.74, 6) is -1.95. The zero-order valence-electron chi connectivity index (χ0n) is 14.6. The van der Waals surface area contributed by atoms with Crippen LogP contribution in [0.5, 0.6) is 11.5 Å². The summed E-state index contributed by atoms with van der Waals surface area (Å²) in [6, 6.07) is 6.99. The number of hydrogen-bond donors (Lipinski definition) is 2. The molecule has 0 aliphatic heterocycles. The molecular weight excluding hydrogens is 382 g/mol. The Morgan fingerprint density at radius 1 is 1.00 bits per heavy atom. The van der Waals surface area contributed by atoms with Gasteiger partial charge in [-0.2, -0.15) is 0 Å². The molecule has 10 heteroatoms. The molecule has 0 aliphatic rings. The first kappa shape index (κ1) is 20.6. The maximum atomic E-state index is 13.2. The van der Waals surface area contributed by atoms with Gasteiger partial charge in [-0.15, -0.1) is 0 Å². The van der Waals surface area contributed by atoms with E-state index in [0.717, 1.165) is 6.07 Å². The molecule has 0 bridgehead atoms. The fourth-order valence-corrected chi connectivity index (χ4v) is 3.21. The number of carbonyl (C=O) groups is 1. The van der Waals surface area contributed by atoms with Crippen LogP contribution in [-0.2, 0) is 14.8 Å². The number of carbonyl (C=O) groups excluding carboxylic acids is 1. The van der Waals surface area contributed by atoms with E-state index in [1.54, 1.807) is 18.2 Å². The highest BCUT2D eigenvalue weighted by Crippen LogP contribution is 2.29. The summed E-state index contributed by atoms with van der Waals surface area (Å²) in [6.07, 6.45) is -0.169. The van der Waals surface area contributed by atoms with Gasteiger partial charge in [0.05, 0.1) is 19.1 Å². The number of methoxy groups -OCH3 is 2. The molecule has 0 spiro atoms. The number of anilines is 1. The quantitative estimate of drug-likeness (QED) is 0.709. The van der Waals surface area contributed by atoms with E-state index < -0.39 is 32.5 Å². The van der Waals surface area contributed by atoms with Gasteiger partial charge in [-0.1, -0.05) is 0 Å². The summed E-state index contributed by atoms with van der Waals surface area (Å²) in [4.78, 5) is 11.5. The molecule has 0 atom stereocenters. The Labute approximate surface area is 155 Å². The number of halogens is 2. The number of ether oxygens (including phenoxy) is 2. The summed E-state index contributed by atoms with van der Waals surface area (Å²) in [7, 11) is -1.12. The number of amides is 1. The molecule has 27 heavy (non-hydrogen) atoms. The molecule has 0 aromatic heterocycles. The van der Waals surface area contributed by atoms with E-state index in [-0.39, 0.29) is 13.0 Å². The molecule has 2 aromatic rings. The third-order valence-corrected chi connectivity index (χ3v) is 4.97. The Balaban J connectivity index is 1.93. The molecule has 0 heterocycles. The van der Waals surface area contributed by atoms with Crippen LogP contribution < -0.4 is 19.5 Å². The van der Waals surface area contributed by atoms with Crippen molar-refractivity contribution in [3.05, 3.63) is 48.0 Å². The zero-order valence-corrected chi connectivity index (χ0v) is 15.4. The number of rotatable bonds is 8. The van der Waals surface area contributed by atoms with Crippen molar-refractivity contribution in [3.63, 3.8) is 0 Å². The van der Waals surface area contributed by atoms with Crippen molar-refractivity contribution >= 4 is 21.6 Å². The van der Waals surface area contributed by atoms with Crippen LogP contribution in [0.15, 0.2) is 41.3 Å². The highest BCUT2D eigenvalue weighted by Gasteiger charge is 2.17. The van der Waals surface area contributed by atoms with E-state index in [9.17, 15) is 22.0 Å². The van der Waals surface area contributed by atoms with Crippen molar-refractivity contribution in [2.45, 2.75) is 11.3 Å². The van der Waals surface area contributed by atoms with E-state index in [0.29, 0.717) is 29.3 Å². The molecule has 0 aliphatic carbocycles. The molecule has 0 unspecified atom stereocenters. The molecule has 2 aromatic carbocycles. The van der Waals surface area contributed by atoms with Crippen LogP contribution in [0.1, 0.15) is 6.42 Å². The highest BCUT2D eigenvalue weighted by molar-refractivity contribution is 7.89. The maximum Gasteiger partial charge on any atom is 0.240 e. The Morgan fingerprint density at radius 2 is 1.70 bits per heavy atom. The summed E-state index contributed by atoms with van der Waals surface area (Å²) >= 11 is 0. The van der Waals surface area contributed by atoms with E-state index >= 15 is 0 Å². The molecule has 1 amide bonds. The fraction of sp³-hybridized carbons (Fsp3) is 0.235. The SMILES string of the molecule is COc1ccc(NC(=O)CCNS(=O)(=O)c2ccc(F)c(F)c2)cc1OC. The average molecular weight is 400 g/mol. The zero-order chi connectivity index (χ0) is 20.0. The second-order valence-corrected chi connectivity index (χ2v) is 7.11. The first-order valence-corrected chi connectivity index (χ1v) is 9.21. The number of hydrogen-bond acceptors (Lipinski definition) is 5. The minimum Gasteiger partial charge on any atom is -0.493 e. The van der Waals surface area contributed by atoms with E-state index in [4.69, 9.17) is 9.47 Å². The van der Waals surface area contributed by atoms with Crippen molar-refractivity contribution in [3.8, 4) is 11.5 Å². The second kappa shape index (κ2) is 8.78. The molecule has 7 nitrogen and oxygen atoms in total. The molecule has 146 valence electrons. The number of benzene rings is 2. The summed E-state index contributed by atoms with van der Waals surface area (Å²) in [5.41, 5.74) is 0.445. The Kier molecular flexibility index (Phi) is 6.70. The van der Waals surface area contributed by atoms with Crippen LogP contribution in [0.25, 0.3) is 0 Å². The largest absolute Gasteiger partial charge is 0.493 e. The van der Waals surface area contributed by atoms with Crippen LogP contribution in [0.4, 0.5) is 14.5 Å². The van der Waals surface area contributed by atoms with Crippen molar-refractivity contribution in [1.29, 1.82) is 0 Å². The standard InChI is InChI=1S/C17H18F2N2O5S/c1-25-15-6-3-11(9-16(15)26-2)21-17(22)7-8-20-27(23,24)12-4-5-13(18)14(19)10-12/h3-6,9-10,20H,7-8H2,1-2H3,(H,21,22). The van der Waals surface area contributed by atoms with Gasteiger partial charge in [0.25, 0.3) is 0 Å². The van der Waals surface area contributed by atoms with Gasteiger partial charge in [-0.05, 0) is 30.3 Å². The van der Waals surface area contributed by atoms with Gasteiger partial charge >= 0.3 is 0 Å². The Morgan fingerprint density at radius 3 is 2.33 bits per heavy atom. The minimum atomic E-state index is -4.06. The van der Waals surface area contributed by atoms with Crippen molar-refractivity contribution in [2.24, 2.45) is 0 Å². The molecule has 0 radical (unpaired) electrons. The van der Waals surface area contributed by atoms with Crippen LogP contribution in [0.2, 0.25) is 0 Å². The average Bonchev–Trinajstić information content (AvgIpc) is 2.63. The number of nitrogens with one attached hydrogen (secondary N) is 2. The summed E-state index contributed by atoms with van der Waals surface area (Å²) in [5, 5.41) is 2.59. The smallest absolute Gasteiger partial charge is 0.240 e. The van der Waals surface area contributed by atoms with Gasteiger partial charge in [0.2, 0.25) is 15.9 Å². The van der Waals surface area contributed by atoms with Crippen molar-refractivity contribution < 1.29 is 31.5 Å². The summed E-state index contributed by atoms with van der Waals surface area (Å²) in [6.45, 7) is -0.222. The maximum absolute atomic E-state index is 13.2. The topological polar surface area (TPSA) is 93.7 Å². The van der Waals surface area contributed by atoms with Gasteiger partial charge in [-0.25, -0.2) is 21.9 Å². The lowest BCUT2D eigenvalue weighted by Gasteiger charge is -2.11. The van der Waals surface area contributed by atoms with Crippen molar-refractivity contribution in [2.75, 3.05) is 26.1 Å². The predicted molar refractivity (Wildman–Crippen MR) is 94.3 cm³/mol. The van der Waals surface area contributed by atoms with Crippen LogP contribution in [0, 0.1) is 11.6 Å². The monoisotopic (exact) mass is 400 g/mol. The highest BCUT2D eigenvalue weighted by atomic mass is 32.2. The molecule has 0 fully saturated rings. The molecule has 2 N–H and O–H groups in total. The Bertz CT molecular complexity index is 935. The van der Waals surface area contributed by atoms with Gasteiger partial charge < -0.3 is 14.8 Å². The first-order chi connectivity index (χ1) is 12.8. The molecular formula is C17H18F2N2O5S. The van der Waals surface area contributed by atoms with Crippen LogP contribution >= 0.6 is 0 Å². The lowest BCUT2D eigenvalue weighted by atomic mass is 10.2. The van der Waals surface area contributed by atoms with Crippen LogP contribution in [-0.4, -0.2) is 35.1 Å². The van der Waals surface area contributed by atoms with Gasteiger partial charge in [-0.3, -0.25) is 4.79 Å². The minimum absolute atomic E-state index is 0.169. The second-order valence-electron chi connectivity index (χ2n) is 5.34. The predicted octanol–water partition coefficient (Wildman–Crippen LogP) is 2.29. The van der Waals surface area contributed by atoms with E-state index in [2.05, 4.69) is 10.0 Å². The van der Waals surface area contributed by atoms with Gasteiger partial charge in [0, 0.05) is 24.7 Å². The lowest BCUT2D eigenvalue weighted by Crippen LogP contribution is -2.28. The molecule has 2 rings (SSSR count). The Hall–Kier alpha value is -2.72. The van der Waals surface area contributed by atoms with E-state index in [1.165, 1.54) is 14.2 Å². The normalized spacial score (nSPS) is 11.1. The molecule has 0 saturated carbocycles. The van der Waals surface area contributed by atoms with Gasteiger partial charge in [0.15, 0.2) is 23.1 Å². The molecule has 0 saturated heterocycles. The summed E-state index contributed by atoms with van der Waals surface area (Å²) < 4.78 is 62.5. The third kappa shape index (κ3) is 5.38. The first-order valence-electron chi connectivity index (χ1n) is 7.73. The number of sulfonamides is 1. The fourth-order valence-electron chi connectivity index (χ4n) is 2.16. The van der Waals surface area contributed by atoms with E-state index in [1.807, 2.05) is 0 Å². The third-order valence-electron chi connectivity index (χ3n) is 3.51.